The van der Waals surface area contributed by atoms with E-state index >= 15 is 0 Å². The largest absolute Gasteiger partial charge is 0.496 e. The predicted octanol–water partition coefficient (Wildman–Crippen LogP) is 3.52. The van der Waals surface area contributed by atoms with E-state index in [1.807, 2.05) is 12.1 Å². The zero-order valence-electron chi connectivity index (χ0n) is 13.1. The maximum atomic E-state index is 12.2. The summed E-state index contributed by atoms with van der Waals surface area (Å²) >= 11 is 5.93. The Morgan fingerprint density at radius 1 is 1.13 bits per heavy atom. The molecule has 5 heteroatoms. The minimum Gasteiger partial charge on any atom is -0.496 e. The van der Waals surface area contributed by atoms with Gasteiger partial charge < -0.3 is 10.1 Å². The highest BCUT2D eigenvalue weighted by molar-refractivity contribution is 6.31. The van der Waals surface area contributed by atoms with E-state index in [4.69, 9.17) is 16.3 Å². The number of hydrogen-bond acceptors (Lipinski definition) is 3. The molecule has 0 saturated heterocycles. The summed E-state index contributed by atoms with van der Waals surface area (Å²) in [6.45, 7) is 2.02. The Hall–Kier alpha value is -2.33. The maximum Gasteiger partial charge on any atom is 0.255 e. The molecule has 2 aromatic carbocycles. The monoisotopic (exact) mass is 331 g/mol. The second kappa shape index (κ2) is 7.79. The lowest BCUT2D eigenvalue weighted by atomic mass is 10.1. The summed E-state index contributed by atoms with van der Waals surface area (Å²) in [5.74, 6) is 0.292. The zero-order chi connectivity index (χ0) is 16.8. The molecule has 0 atom stereocenters. The van der Waals surface area contributed by atoms with Crippen LogP contribution in [0.1, 0.15) is 33.2 Å². The third-order valence-corrected chi connectivity index (χ3v) is 3.70. The number of carbonyl (C=O) groups excluding carboxylic acids is 2. The van der Waals surface area contributed by atoms with Crippen molar-refractivity contribution >= 4 is 23.3 Å². The SMILES string of the molecule is COc1ccc(Cl)cc1C(=O)NCCc1ccc(C(C)=O)cc1. The molecular formula is C18H18ClNO3. The third kappa shape index (κ3) is 4.57. The fourth-order valence-corrected chi connectivity index (χ4v) is 2.35. The topological polar surface area (TPSA) is 55.4 Å². The van der Waals surface area contributed by atoms with Crippen LogP contribution >= 0.6 is 11.6 Å². The van der Waals surface area contributed by atoms with Crippen molar-refractivity contribution in [3.63, 3.8) is 0 Å². The van der Waals surface area contributed by atoms with Crippen LogP contribution in [0.3, 0.4) is 0 Å². The van der Waals surface area contributed by atoms with Gasteiger partial charge in [-0.05, 0) is 37.1 Å². The van der Waals surface area contributed by atoms with Crippen LogP contribution in [-0.2, 0) is 6.42 Å². The van der Waals surface area contributed by atoms with Crippen LogP contribution in [0.15, 0.2) is 42.5 Å². The number of rotatable bonds is 6. The van der Waals surface area contributed by atoms with E-state index < -0.39 is 0 Å². The molecule has 1 N–H and O–H groups in total. The van der Waals surface area contributed by atoms with E-state index in [1.54, 1.807) is 30.3 Å². The molecule has 0 fully saturated rings. The Kier molecular flexibility index (Phi) is 5.77. The molecule has 0 spiro atoms. The summed E-state index contributed by atoms with van der Waals surface area (Å²) < 4.78 is 5.17. The molecule has 2 aromatic rings. The van der Waals surface area contributed by atoms with Crippen LogP contribution in [0.5, 0.6) is 5.75 Å². The van der Waals surface area contributed by atoms with Gasteiger partial charge in [0.25, 0.3) is 5.91 Å². The molecular weight excluding hydrogens is 314 g/mol. The zero-order valence-corrected chi connectivity index (χ0v) is 13.8. The lowest BCUT2D eigenvalue weighted by Crippen LogP contribution is -2.26. The number of carbonyl (C=O) groups is 2. The second-order valence-electron chi connectivity index (χ2n) is 5.10. The van der Waals surface area contributed by atoms with Crippen molar-refractivity contribution < 1.29 is 14.3 Å². The van der Waals surface area contributed by atoms with Gasteiger partial charge in [-0.1, -0.05) is 35.9 Å². The van der Waals surface area contributed by atoms with Gasteiger partial charge in [0.15, 0.2) is 5.78 Å². The van der Waals surface area contributed by atoms with Crippen molar-refractivity contribution in [2.24, 2.45) is 0 Å². The van der Waals surface area contributed by atoms with Gasteiger partial charge in [0.05, 0.1) is 12.7 Å². The van der Waals surface area contributed by atoms with E-state index in [-0.39, 0.29) is 11.7 Å². The van der Waals surface area contributed by atoms with E-state index in [2.05, 4.69) is 5.32 Å². The number of amides is 1. The highest BCUT2D eigenvalue weighted by Crippen LogP contribution is 2.22. The van der Waals surface area contributed by atoms with Gasteiger partial charge >= 0.3 is 0 Å². The van der Waals surface area contributed by atoms with Gasteiger partial charge in [-0.2, -0.15) is 0 Å². The number of benzene rings is 2. The molecule has 1 amide bonds. The van der Waals surface area contributed by atoms with Gasteiger partial charge in [-0.3, -0.25) is 9.59 Å². The number of ketones is 1. The fraction of sp³-hybridized carbons (Fsp3) is 0.222. The molecule has 0 heterocycles. The normalized spacial score (nSPS) is 10.2. The van der Waals surface area contributed by atoms with Crippen LogP contribution in [0, 0.1) is 0 Å². The smallest absolute Gasteiger partial charge is 0.255 e. The molecule has 120 valence electrons. The molecule has 0 radical (unpaired) electrons. The Bertz CT molecular complexity index is 711. The van der Waals surface area contributed by atoms with Gasteiger partial charge in [0, 0.05) is 17.1 Å². The quantitative estimate of drug-likeness (QED) is 0.824. The number of hydrogen-bond donors (Lipinski definition) is 1. The number of halogens is 1. The Labute approximate surface area is 140 Å². The predicted molar refractivity (Wildman–Crippen MR) is 90.5 cm³/mol. The van der Waals surface area contributed by atoms with Crippen molar-refractivity contribution in [1.82, 2.24) is 5.32 Å². The van der Waals surface area contributed by atoms with Crippen LogP contribution in [0.25, 0.3) is 0 Å². The summed E-state index contributed by atoms with van der Waals surface area (Å²) in [6.07, 6.45) is 0.673. The minimum absolute atomic E-state index is 0.0397. The lowest BCUT2D eigenvalue weighted by Gasteiger charge is -2.10. The van der Waals surface area contributed by atoms with Gasteiger partial charge in [-0.15, -0.1) is 0 Å². The van der Waals surface area contributed by atoms with Crippen LogP contribution in [0.4, 0.5) is 0 Å². The van der Waals surface area contributed by atoms with Crippen LogP contribution in [-0.4, -0.2) is 25.3 Å². The summed E-state index contributed by atoms with van der Waals surface area (Å²) in [5, 5.41) is 3.32. The number of ether oxygens (including phenoxy) is 1. The van der Waals surface area contributed by atoms with E-state index in [1.165, 1.54) is 14.0 Å². The number of Topliss-reactive ketones (excluding diaryl/α,β-unsaturated/α-hetero) is 1. The number of methoxy groups -OCH3 is 1. The summed E-state index contributed by atoms with van der Waals surface area (Å²) in [5.41, 5.74) is 2.14. The molecule has 23 heavy (non-hydrogen) atoms. The Balaban J connectivity index is 1.94. The molecule has 0 aliphatic rings. The average molecular weight is 332 g/mol. The average Bonchev–Trinajstić information content (AvgIpc) is 2.55. The first-order valence-corrected chi connectivity index (χ1v) is 7.60. The highest BCUT2D eigenvalue weighted by Gasteiger charge is 2.12. The van der Waals surface area contributed by atoms with Gasteiger partial charge in [0.1, 0.15) is 5.75 Å². The van der Waals surface area contributed by atoms with E-state index in [0.29, 0.717) is 34.9 Å². The number of nitrogens with one attached hydrogen (secondary N) is 1. The van der Waals surface area contributed by atoms with Crippen molar-refractivity contribution in [1.29, 1.82) is 0 Å². The summed E-state index contributed by atoms with van der Waals surface area (Å²) in [7, 11) is 1.51. The van der Waals surface area contributed by atoms with Gasteiger partial charge in [0.2, 0.25) is 0 Å². The summed E-state index contributed by atoms with van der Waals surface area (Å²) in [4.78, 5) is 23.4. The fourth-order valence-electron chi connectivity index (χ4n) is 2.18. The van der Waals surface area contributed by atoms with Crippen LogP contribution in [0.2, 0.25) is 5.02 Å². The lowest BCUT2D eigenvalue weighted by molar-refractivity contribution is 0.0950. The van der Waals surface area contributed by atoms with Crippen molar-refractivity contribution in [2.75, 3.05) is 13.7 Å². The molecule has 4 nitrogen and oxygen atoms in total. The Morgan fingerprint density at radius 2 is 1.83 bits per heavy atom. The van der Waals surface area contributed by atoms with E-state index in [0.717, 1.165) is 5.56 Å². The standard InChI is InChI=1S/C18H18ClNO3/c1-12(21)14-5-3-13(4-6-14)9-10-20-18(22)16-11-15(19)7-8-17(16)23-2/h3-8,11H,9-10H2,1-2H3,(H,20,22). The van der Waals surface area contributed by atoms with E-state index in [9.17, 15) is 9.59 Å². The minimum atomic E-state index is -0.232. The molecule has 2 rings (SSSR count). The second-order valence-corrected chi connectivity index (χ2v) is 5.54. The van der Waals surface area contributed by atoms with Crippen LogP contribution < -0.4 is 10.1 Å². The first-order valence-electron chi connectivity index (χ1n) is 7.23. The molecule has 0 aliphatic carbocycles. The van der Waals surface area contributed by atoms with Crippen molar-refractivity contribution in [2.45, 2.75) is 13.3 Å². The highest BCUT2D eigenvalue weighted by atomic mass is 35.5. The first-order chi connectivity index (χ1) is 11.0. The first kappa shape index (κ1) is 17.0. The van der Waals surface area contributed by atoms with Crippen molar-refractivity contribution in [3.05, 3.63) is 64.2 Å². The van der Waals surface area contributed by atoms with Gasteiger partial charge in [-0.25, -0.2) is 0 Å². The molecule has 0 bridgehead atoms. The third-order valence-electron chi connectivity index (χ3n) is 3.47. The summed E-state index contributed by atoms with van der Waals surface area (Å²) in [6, 6.07) is 12.3. The Morgan fingerprint density at radius 3 is 2.43 bits per heavy atom. The molecule has 0 aliphatic heterocycles. The van der Waals surface area contributed by atoms with Crippen molar-refractivity contribution in [3.8, 4) is 5.75 Å². The molecule has 0 aromatic heterocycles. The molecule has 0 saturated carbocycles. The maximum absolute atomic E-state index is 12.2. The molecule has 0 unspecified atom stereocenters.